The average Bonchev–Trinajstić information content (AvgIpc) is 2.41. The summed E-state index contributed by atoms with van der Waals surface area (Å²) in [5, 5.41) is 5.08. The molecule has 1 heterocycles. The van der Waals surface area contributed by atoms with Crippen molar-refractivity contribution in [3.8, 4) is 0 Å². The normalized spacial score (nSPS) is 18.7. The van der Waals surface area contributed by atoms with Crippen molar-refractivity contribution in [3.63, 3.8) is 0 Å². The molecule has 5 nitrogen and oxygen atoms in total. The van der Waals surface area contributed by atoms with Gasteiger partial charge in [0.1, 0.15) is 11.5 Å². The molecule has 0 saturated heterocycles. The minimum atomic E-state index is -0.612. The van der Waals surface area contributed by atoms with Gasteiger partial charge in [-0.15, -0.1) is 0 Å². The molecular weight excluding hydrogens is 251 g/mol. The van der Waals surface area contributed by atoms with E-state index in [0.717, 1.165) is 0 Å². The summed E-state index contributed by atoms with van der Waals surface area (Å²) in [6.45, 7) is 1.70. The van der Waals surface area contributed by atoms with Crippen LogP contribution < -0.4 is 10.6 Å². The predicted molar refractivity (Wildman–Crippen MR) is 65.5 cm³/mol. The van der Waals surface area contributed by atoms with Crippen molar-refractivity contribution >= 4 is 12.0 Å². The van der Waals surface area contributed by atoms with Crippen molar-refractivity contribution in [3.05, 3.63) is 46.9 Å². The van der Waals surface area contributed by atoms with E-state index in [0.29, 0.717) is 11.1 Å². The first kappa shape index (κ1) is 13.1. The number of methoxy groups -OCH3 is 1. The van der Waals surface area contributed by atoms with Gasteiger partial charge >= 0.3 is 12.0 Å². The maximum atomic E-state index is 12.9. The fourth-order valence-corrected chi connectivity index (χ4v) is 1.93. The van der Waals surface area contributed by atoms with E-state index >= 15 is 0 Å². The number of hydrogen-bond acceptors (Lipinski definition) is 3. The molecule has 0 aliphatic carbocycles. The van der Waals surface area contributed by atoms with Crippen LogP contribution in [0.4, 0.5) is 9.18 Å². The summed E-state index contributed by atoms with van der Waals surface area (Å²) in [4.78, 5) is 23.1. The van der Waals surface area contributed by atoms with Gasteiger partial charge in [0.2, 0.25) is 0 Å². The predicted octanol–water partition coefficient (Wildman–Crippen LogP) is 1.63. The summed E-state index contributed by atoms with van der Waals surface area (Å²) in [6.07, 6.45) is 0. The van der Waals surface area contributed by atoms with Crippen molar-refractivity contribution in [2.45, 2.75) is 13.0 Å². The van der Waals surface area contributed by atoms with Crippen molar-refractivity contribution in [1.82, 2.24) is 10.6 Å². The standard InChI is InChI=1S/C13H13FN2O3/c1-7-10(8-3-5-9(14)6-4-8)15-13(18)16-11(7)12(17)19-2/h3-6,10H,1-2H3,(H2,15,16,18)/t10-/m0/s1. The number of nitrogens with one attached hydrogen (secondary N) is 2. The van der Waals surface area contributed by atoms with Gasteiger partial charge in [-0.2, -0.15) is 0 Å². The zero-order valence-electron chi connectivity index (χ0n) is 10.5. The van der Waals surface area contributed by atoms with Crippen LogP contribution in [-0.2, 0) is 9.53 Å². The first-order valence-corrected chi connectivity index (χ1v) is 5.65. The molecule has 0 spiro atoms. The van der Waals surface area contributed by atoms with Crippen molar-refractivity contribution in [1.29, 1.82) is 0 Å². The Morgan fingerprint density at radius 3 is 2.53 bits per heavy atom. The number of ether oxygens (including phenoxy) is 1. The van der Waals surface area contributed by atoms with Crippen LogP contribution in [0.1, 0.15) is 18.5 Å². The minimum Gasteiger partial charge on any atom is -0.464 e. The average molecular weight is 264 g/mol. The molecule has 0 bridgehead atoms. The Labute approximate surface area is 109 Å². The Hall–Kier alpha value is -2.37. The van der Waals surface area contributed by atoms with Gasteiger partial charge in [0.15, 0.2) is 0 Å². The van der Waals surface area contributed by atoms with Crippen LogP contribution in [0.5, 0.6) is 0 Å². The smallest absolute Gasteiger partial charge is 0.354 e. The molecular formula is C13H13FN2O3. The van der Waals surface area contributed by atoms with Crippen LogP contribution >= 0.6 is 0 Å². The molecule has 1 aromatic rings. The molecule has 1 atom stereocenters. The lowest BCUT2D eigenvalue weighted by atomic mass is 9.96. The second kappa shape index (κ2) is 5.09. The maximum absolute atomic E-state index is 12.9. The van der Waals surface area contributed by atoms with E-state index < -0.39 is 18.0 Å². The third kappa shape index (κ3) is 2.57. The Balaban J connectivity index is 2.41. The van der Waals surface area contributed by atoms with Gasteiger partial charge in [0, 0.05) is 0 Å². The second-order valence-corrected chi connectivity index (χ2v) is 4.13. The van der Waals surface area contributed by atoms with Crippen LogP contribution in [0.25, 0.3) is 0 Å². The number of rotatable bonds is 2. The minimum absolute atomic E-state index is 0.112. The highest BCUT2D eigenvalue weighted by Gasteiger charge is 2.29. The van der Waals surface area contributed by atoms with Gasteiger partial charge in [-0.05, 0) is 30.2 Å². The Kier molecular flexibility index (Phi) is 3.50. The molecule has 2 N–H and O–H groups in total. The fourth-order valence-electron chi connectivity index (χ4n) is 1.93. The van der Waals surface area contributed by atoms with Crippen molar-refractivity contribution < 1.29 is 18.7 Å². The zero-order chi connectivity index (χ0) is 14.0. The SMILES string of the molecule is COC(=O)C1=C(C)[C@@H](c2ccc(F)cc2)NC(=O)N1. The van der Waals surface area contributed by atoms with Gasteiger partial charge in [0.25, 0.3) is 0 Å². The summed E-state index contributed by atoms with van der Waals surface area (Å²) >= 11 is 0. The molecule has 0 aromatic heterocycles. The van der Waals surface area contributed by atoms with Gasteiger partial charge in [-0.3, -0.25) is 0 Å². The third-order valence-electron chi connectivity index (χ3n) is 2.93. The largest absolute Gasteiger partial charge is 0.464 e. The second-order valence-electron chi connectivity index (χ2n) is 4.13. The maximum Gasteiger partial charge on any atom is 0.354 e. The lowest BCUT2D eigenvalue weighted by molar-refractivity contribution is -0.136. The Bertz CT molecular complexity index is 552. The topological polar surface area (TPSA) is 67.4 Å². The number of urea groups is 1. The number of hydrogen-bond donors (Lipinski definition) is 2. The molecule has 1 aliphatic heterocycles. The monoisotopic (exact) mass is 264 g/mol. The molecule has 1 aromatic carbocycles. The first-order chi connectivity index (χ1) is 9.02. The van der Waals surface area contributed by atoms with Crippen LogP contribution in [0, 0.1) is 5.82 Å². The first-order valence-electron chi connectivity index (χ1n) is 5.65. The molecule has 1 aliphatic rings. The molecule has 19 heavy (non-hydrogen) atoms. The van der Waals surface area contributed by atoms with E-state index in [1.54, 1.807) is 19.1 Å². The molecule has 2 rings (SSSR count). The van der Waals surface area contributed by atoms with E-state index in [4.69, 9.17) is 0 Å². The molecule has 0 saturated carbocycles. The number of halogens is 1. The van der Waals surface area contributed by atoms with Crippen LogP contribution in [0.3, 0.4) is 0 Å². The summed E-state index contributed by atoms with van der Waals surface area (Å²) in [5.41, 5.74) is 1.41. The third-order valence-corrected chi connectivity index (χ3v) is 2.93. The van der Waals surface area contributed by atoms with E-state index in [1.165, 1.54) is 19.2 Å². The van der Waals surface area contributed by atoms with Crippen molar-refractivity contribution in [2.75, 3.05) is 7.11 Å². The van der Waals surface area contributed by atoms with E-state index in [9.17, 15) is 14.0 Å². The summed E-state index contributed by atoms with van der Waals surface area (Å²) in [7, 11) is 1.24. The lowest BCUT2D eigenvalue weighted by Crippen LogP contribution is -2.45. The van der Waals surface area contributed by atoms with Crippen LogP contribution in [-0.4, -0.2) is 19.1 Å². The Morgan fingerprint density at radius 2 is 1.95 bits per heavy atom. The molecule has 2 amide bonds. The van der Waals surface area contributed by atoms with Crippen LogP contribution in [0.2, 0.25) is 0 Å². The highest BCUT2D eigenvalue weighted by atomic mass is 19.1. The number of carbonyl (C=O) groups is 2. The summed E-state index contributed by atoms with van der Waals surface area (Å²) in [5.74, 6) is -0.974. The molecule has 0 fully saturated rings. The molecule has 0 radical (unpaired) electrons. The quantitative estimate of drug-likeness (QED) is 0.798. The molecule has 6 heteroatoms. The number of benzene rings is 1. The zero-order valence-corrected chi connectivity index (χ0v) is 10.5. The lowest BCUT2D eigenvalue weighted by Gasteiger charge is -2.27. The van der Waals surface area contributed by atoms with Crippen molar-refractivity contribution in [2.24, 2.45) is 0 Å². The summed E-state index contributed by atoms with van der Waals surface area (Å²) < 4.78 is 17.5. The van der Waals surface area contributed by atoms with Crippen LogP contribution in [0.15, 0.2) is 35.5 Å². The number of amides is 2. The Morgan fingerprint density at radius 1 is 1.32 bits per heavy atom. The number of carbonyl (C=O) groups excluding carboxylic acids is 2. The molecule has 100 valence electrons. The van der Waals surface area contributed by atoms with Gasteiger partial charge in [-0.1, -0.05) is 12.1 Å². The van der Waals surface area contributed by atoms with Gasteiger partial charge in [-0.25, -0.2) is 14.0 Å². The van der Waals surface area contributed by atoms with E-state index in [1.807, 2.05) is 0 Å². The summed E-state index contributed by atoms with van der Waals surface area (Å²) in [6, 6.07) is 4.74. The highest BCUT2D eigenvalue weighted by Crippen LogP contribution is 2.26. The van der Waals surface area contributed by atoms with Gasteiger partial charge < -0.3 is 15.4 Å². The van der Waals surface area contributed by atoms with E-state index in [-0.39, 0.29) is 11.5 Å². The number of esters is 1. The fraction of sp³-hybridized carbons (Fsp3) is 0.231. The highest BCUT2D eigenvalue weighted by molar-refractivity contribution is 5.95. The van der Waals surface area contributed by atoms with E-state index in [2.05, 4.69) is 15.4 Å². The molecule has 0 unspecified atom stereocenters. The van der Waals surface area contributed by atoms with Gasteiger partial charge in [0.05, 0.1) is 13.2 Å².